The maximum atomic E-state index is 11.1. The topological polar surface area (TPSA) is 79.5 Å². The van der Waals surface area contributed by atoms with Gasteiger partial charge in [-0.1, -0.05) is 0 Å². The molecule has 0 spiro atoms. The van der Waals surface area contributed by atoms with Gasteiger partial charge in [-0.25, -0.2) is 4.79 Å². The molecule has 1 amide bonds. The van der Waals surface area contributed by atoms with Crippen molar-refractivity contribution < 1.29 is 19.1 Å². The molecule has 5 nitrogen and oxygen atoms in total. The molecule has 1 unspecified atom stereocenters. The van der Waals surface area contributed by atoms with Gasteiger partial charge in [-0.3, -0.25) is 4.79 Å². The Bertz CT molecular complexity index is 409. The number of hydrogen-bond acceptors (Lipinski definition) is 3. The zero-order valence-corrected chi connectivity index (χ0v) is 8.19. The van der Waals surface area contributed by atoms with E-state index < -0.39 is 17.9 Å². The summed E-state index contributed by atoms with van der Waals surface area (Å²) < 4.78 is 5.34. The summed E-state index contributed by atoms with van der Waals surface area (Å²) >= 11 is 0. The van der Waals surface area contributed by atoms with Gasteiger partial charge in [0.1, 0.15) is 17.6 Å². The van der Waals surface area contributed by atoms with Crippen LogP contribution in [-0.4, -0.2) is 23.0 Å². The van der Waals surface area contributed by atoms with Crippen molar-refractivity contribution in [2.45, 2.75) is 25.3 Å². The lowest BCUT2D eigenvalue weighted by atomic mass is 9.98. The number of carboxylic acids is 1. The van der Waals surface area contributed by atoms with Crippen LogP contribution in [0, 0.1) is 6.92 Å². The molecule has 80 valence electrons. The first kappa shape index (κ1) is 9.76. The summed E-state index contributed by atoms with van der Waals surface area (Å²) in [5.74, 6) is -0.406. The molecule has 1 aromatic heterocycles. The number of aliphatic carboxylic acids is 1. The van der Waals surface area contributed by atoms with E-state index >= 15 is 0 Å². The SMILES string of the molecule is Cc1ccc(C2CC(=O)N[C@@H]2C(=O)O)o1. The molecular formula is C10H11NO4. The maximum absolute atomic E-state index is 11.1. The van der Waals surface area contributed by atoms with Crippen LogP contribution < -0.4 is 5.32 Å². The number of furan rings is 1. The van der Waals surface area contributed by atoms with Gasteiger partial charge in [0.15, 0.2) is 0 Å². The van der Waals surface area contributed by atoms with E-state index in [0.29, 0.717) is 11.5 Å². The highest BCUT2D eigenvalue weighted by atomic mass is 16.4. The number of amides is 1. The predicted molar refractivity (Wildman–Crippen MR) is 50.4 cm³/mol. The van der Waals surface area contributed by atoms with Crippen molar-refractivity contribution in [3.05, 3.63) is 23.7 Å². The van der Waals surface area contributed by atoms with Crippen molar-refractivity contribution >= 4 is 11.9 Å². The summed E-state index contributed by atoms with van der Waals surface area (Å²) in [4.78, 5) is 22.0. The number of hydrogen-bond donors (Lipinski definition) is 2. The van der Waals surface area contributed by atoms with Crippen LogP contribution in [-0.2, 0) is 9.59 Å². The van der Waals surface area contributed by atoms with Gasteiger partial charge in [0.2, 0.25) is 5.91 Å². The van der Waals surface area contributed by atoms with E-state index in [2.05, 4.69) is 5.32 Å². The Labute approximate surface area is 86.1 Å². The highest BCUT2D eigenvalue weighted by molar-refractivity contribution is 5.89. The predicted octanol–water partition coefficient (Wildman–Crippen LogP) is 0.645. The van der Waals surface area contributed by atoms with Gasteiger partial charge in [-0.2, -0.15) is 0 Å². The van der Waals surface area contributed by atoms with E-state index in [1.807, 2.05) is 0 Å². The minimum absolute atomic E-state index is 0.171. The molecule has 15 heavy (non-hydrogen) atoms. The van der Waals surface area contributed by atoms with Crippen LogP contribution in [0.5, 0.6) is 0 Å². The van der Waals surface area contributed by atoms with Crippen LogP contribution in [0.2, 0.25) is 0 Å². The van der Waals surface area contributed by atoms with Crippen LogP contribution in [0.4, 0.5) is 0 Å². The minimum Gasteiger partial charge on any atom is -0.480 e. The van der Waals surface area contributed by atoms with Gasteiger partial charge in [0, 0.05) is 6.42 Å². The van der Waals surface area contributed by atoms with Gasteiger partial charge in [0.05, 0.1) is 5.92 Å². The van der Waals surface area contributed by atoms with Crippen molar-refractivity contribution in [1.82, 2.24) is 5.32 Å². The van der Waals surface area contributed by atoms with Gasteiger partial charge in [-0.05, 0) is 19.1 Å². The van der Waals surface area contributed by atoms with Crippen LogP contribution in [0.1, 0.15) is 23.9 Å². The lowest BCUT2D eigenvalue weighted by Crippen LogP contribution is -2.35. The molecule has 1 aromatic rings. The Kier molecular flexibility index (Phi) is 2.22. The molecule has 0 saturated carbocycles. The zero-order valence-electron chi connectivity index (χ0n) is 8.19. The fourth-order valence-electron chi connectivity index (χ4n) is 1.80. The summed E-state index contributed by atoms with van der Waals surface area (Å²) in [5, 5.41) is 11.3. The van der Waals surface area contributed by atoms with E-state index in [-0.39, 0.29) is 12.3 Å². The second-order valence-corrected chi connectivity index (χ2v) is 3.64. The number of carboxylic acid groups (broad SMARTS) is 1. The number of aryl methyl sites for hydroxylation is 1. The standard InChI is InChI=1S/C10H11NO4/c1-5-2-3-7(15-5)6-4-8(12)11-9(6)10(13)14/h2-3,6,9H,4H2,1H3,(H,11,12)(H,13,14)/t6?,9-/m0/s1. The summed E-state index contributed by atoms with van der Waals surface area (Å²) in [5.41, 5.74) is 0. The Morgan fingerprint density at radius 1 is 1.60 bits per heavy atom. The fourth-order valence-corrected chi connectivity index (χ4v) is 1.80. The van der Waals surface area contributed by atoms with Gasteiger partial charge in [0.25, 0.3) is 0 Å². The Morgan fingerprint density at radius 3 is 2.87 bits per heavy atom. The number of rotatable bonds is 2. The van der Waals surface area contributed by atoms with Crippen molar-refractivity contribution in [2.24, 2.45) is 0 Å². The molecule has 5 heteroatoms. The minimum atomic E-state index is -1.03. The van der Waals surface area contributed by atoms with E-state index in [1.54, 1.807) is 19.1 Å². The highest BCUT2D eigenvalue weighted by Crippen LogP contribution is 2.29. The van der Waals surface area contributed by atoms with E-state index in [1.165, 1.54) is 0 Å². The normalized spacial score (nSPS) is 25.3. The fraction of sp³-hybridized carbons (Fsp3) is 0.400. The smallest absolute Gasteiger partial charge is 0.326 e. The van der Waals surface area contributed by atoms with Crippen LogP contribution in [0.15, 0.2) is 16.5 Å². The Morgan fingerprint density at radius 2 is 2.33 bits per heavy atom. The van der Waals surface area contributed by atoms with Crippen molar-refractivity contribution in [3.63, 3.8) is 0 Å². The highest BCUT2D eigenvalue weighted by Gasteiger charge is 2.40. The number of carbonyl (C=O) groups excluding carboxylic acids is 1. The molecule has 0 aliphatic carbocycles. The second-order valence-electron chi connectivity index (χ2n) is 3.64. The maximum Gasteiger partial charge on any atom is 0.326 e. The van der Waals surface area contributed by atoms with E-state index in [0.717, 1.165) is 0 Å². The van der Waals surface area contributed by atoms with Crippen molar-refractivity contribution in [2.75, 3.05) is 0 Å². The number of carbonyl (C=O) groups is 2. The van der Waals surface area contributed by atoms with Crippen LogP contribution in [0.3, 0.4) is 0 Å². The summed E-state index contributed by atoms with van der Waals surface area (Å²) in [6, 6.07) is 2.61. The summed E-state index contributed by atoms with van der Waals surface area (Å²) in [6.45, 7) is 1.78. The van der Waals surface area contributed by atoms with Crippen molar-refractivity contribution in [1.29, 1.82) is 0 Å². The molecular weight excluding hydrogens is 198 g/mol. The Hall–Kier alpha value is -1.78. The first-order valence-corrected chi connectivity index (χ1v) is 4.66. The van der Waals surface area contributed by atoms with Gasteiger partial charge >= 0.3 is 5.97 Å². The molecule has 1 aliphatic heterocycles. The molecule has 1 fully saturated rings. The molecule has 1 aliphatic rings. The molecule has 2 atom stereocenters. The molecule has 0 bridgehead atoms. The first-order chi connectivity index (χ1) is 7.08. The largest absolute Gasteiger partial charge is 0.480 e. The number of nitrogens with one attached hydrogen (secondary N) is 1. The molecule has 0 aromatic carbocycles. The molecule has 2 N–H and O–H groups in total. The quantitative estimate of drug-likeness (QED) is 0.749. The van der Waals surface area contributed by atoms with E-state index in [4.69, 9.17) is 9.52 Å². The van der Waals surface area contributed by atoms with Gasteiger partial charge in [-0.15, -0.1) is 0 Å². The summed E-state index contributed by atoms with van der Waals surface area (Å²) in [6.07, 6.45) is 0.171. The monoisotopic (exact) mass is 209 g/mol. The third-order valence-corrected chi connectivity index (χ3v) is 2.52. The summed E-state index contributed by atoms with van der Waals surface area (Å²) in [7, 11) is 0. The Balaban J connectivity index is 2.27. The second kappa shape index (κ2) is 3.42. The molecule has 0 radical (unpaired) electrons. The third-order valence-electron chi connectivity index (χ3n) is 2.52. The van der Waals surface area contributed by atoms with Crippen molar-refractivity contribution in [3.8, 4) is 0 Å². The zero-order chi connectivity index (χ0) is 11.0. The third kappa shape index (κ3) is 1.72. The molecule has 1 saturated heterocycles. The molecule has 2 rings (SSSR count). The van der Waals surface area contributed by atoms with E-state index in [9.17, 15) is 9.59 Å². The molecule has 2 heterocycles. The average Bonchev–Trinajstić information content (AvgIpc) is 2.71. The van der Waals surface area contributed by atoms with Crippen LogP contribution >= 0.6 is 0 Å². The average molecular weight is 209 g/mol. The lowest BCUT2D eigenvalue weighted by molar-refractivity contribution is -0.140. The first-order valence-electron chi connectivity index (χ1n) is 4.66. The van der Waals surface area contributed by atoms with Crippen LogP contribution in [0.25, 0.3) is 0 Å². The lowest BCUT2D eigenvalue weighted by Gasteiger charge is -2.11. The van der Waals surface area contributed by atoms with Gasteiger partial charge < -0.3 is 14.8 Å².